The first-order valence-electron chi connectivity index (χ1n) is 9.14. The zero-order valence-corrected chi connectivity index (χ0v) is 15.0. The van der Waals surface area contributed by atoms with Crippen LogP contribution >= 0.6 is 0 Å². The summed E-state index contributed by atoms with van der Waals surface area (Å²) in [6, 6.07) is 6.21. The Morgan fingerprint density at radius 2 is 2.04 bits per heavy atom. The lowest BCUT2D eigenvalue weighted by Crippen LogP contribution is -2.31. The van der Waals surface area contributed by atoms with E-state index in [-0.39, 0.29) is 11.4 Å². The predicted molar refractivity (Wildman–Crippen MR) is 104 cm³/mol. The third-order valence-electron chi connectivity index (χ3n) is 4.94. The number of nitrogens with one attached hydrogen (secondary N) is 1. The second-order valence-corrected chi connectivity index (χ2v) is 6.79. The molecule has 3 heterocycles. The maximum absolute atomic E-state index is 13.1. The summed E-state index contributed by atoms with van der Waals surface area (Å²) in [6.45, 7) is 3.42. The highest BCUT2D eigenvalue weighted by Gasteiger charge is 2.16. The van der Waals surface area contributed by atoms with Crippen LogP contribution < -0.4 is 11.3 Å². The molecule has 0 radical (unpaired) electrons. The number of H-pyrrole nitrogens is 1. The van der Waals surface area contributed by atoms with E-state index in [1.54, 1.807) is 12.1 Å². The van der Waals surface area contributed by atoms with Crippen LogP contribution in [0.2, 0.25) is 0 Å². The normalized spacial score (nSPS) is 15.3. The second kappa shape index (κ2) is 7.46. The lowest BCUT2D eigenvalue weighted by molar-refractivity contribution is 0.299. The SMILES string of the molecule is NCCCN1CC=C(c2cn3cc(-c4ccc(F)cc4)[nH]c3nc2=O)CC1. The van der Waals surface area contributed by atoms with Crippen LogP contribution in [0.15, 0.2) is 47.5 Å². The summed E-state index contributed by atoms with van der Waals surface area (Å²) in [5.74, 6) is 0.193. The van der Waals surface area contributed by atoms with Crippen molar-refractivity contribution in [1.29, 1.82) is 0 Å². The number of halogens is 1. The fraction of sp³-hybridized carbons (Fsp3) is 0.300. The minimum absolute atomic E-state index is 0.232. The molecule has 0 bridgehead atoms. The Hall–Kier alpha value is -2.77. The molecule has 1 aliphatic heterocycles. The Balaban J connectivity index is 1.63. The van der Waals surface area contributed by atoms with Gasteiger partial charge in [-0.3, -0.25) is 14.1 Å². The standard InChI is InChI=1S/C20H22FN5O/c21-16-4-2-15(3-5-16)18-13-26-12-17(19(27)24-20(26)23-18)14-6-10-25(11-7-14)9-1-8-22/h2-6,12-13H,1,7-11,22H2,(H,23,24,27). The van der Waals surface area contributed by atoms with Crippen molar-refractivity contribution in [1.82, 2.24) is 19.3 Å². The van der Waals surface area contributed by atoms with Gasteiger partial charge in [0, 0.05) is 25.5 Å². The molecule has 140 valence electrons. The first kappa shape index (κ1) is 17.6. The molecule has 2 aromatic heterocycles. The second-order valence-electron chi connectivity index (χ2n) is 6.79. The molecule has 0 amide bonds. The minimum atomic E-state index is -0.283. The summed E-state index contributed by atoms with van der Waals surface area (Å²) >= 11 is 0. The van der Waals surface area contributed by atoms with E-state index < -0.39 is 0 Å². The van der Waals surface area contributed by atoms with Crippen LogP contribution in [-0.2, 0) is 0 Å². The molecular formula is C20H22FN5O. The van der Waals surface area contributed by atoms with Gasteiger partial charge in [-0.25, -0.2) is 4.39 Å². The number of aromatic nitrogens is 3. The molecule has 0 saturated heterocycles. The van der Waals surface area contributed by atoms with Gasteiger partial charge in [0.1, 0.15) is 5.82 Å². The summed E-state index contributed by atoms with van der Waals surface area (Å²) in [6.07, 6.45) is 7.61. The number of benzene rings is 1. The molecule has 1 aromatic carbocycles. The van der Waals surface area contributed by atoms with Crippen molar-refractivity contribution in [2.24, 2.45) is 5.73 Å². The first-order chi connectivity index (χ1) is 13.1. The zero-order valence-electron chi connectivity index (χ0n) is 15.0. The van der Waals surface area contributed by atoms with Crippen LogP contribution in [0.5, 0.6) is 0 Å². The molecule has 4 rings (SSSR count). The Labute approximate surface area is 156 Å². The zero-order chi connectivity index (χ0) is 18.8. The Bertz CT molecular complexity index is 1030. The van der Waals surface area contributed by atoms with E-state index in [0.29, 0.717) is 17.9 Å². The molecule has 0 spiro atoms. The summed E-state index contributed by atoms with van der Waals surface area (Å²) in [4.78, 5) is 22.2. The van der Waals surface area contributed by atoms with Crippen molar-refractivity contribution < 1.29 is 4.39 Å². The van der Waals surface area contributed by atoms with Crippen molar-refractivity contribution in [3.63, 3.8) is 0 Å². The smallest absolute Gasteiger partial charge is 0.281 e. The number of nitrogens with two attached hydrogens (primary N) is 1. The fourth-order valence-electron chi connectivity index (χ4n) is 3.42. The van der Waals surface area contributed by atoms with Crippen molar-refractivity contribution >= 4 is 11.4 Å². The molecule has 3 aromatic rings. The molecule has 6 nitrogen and oxygen atoms in total. The highest BCUT2D eigenvalue weighted by molar-refractivity contribution is 5.67. The van der Waals surface area contributed by atoms with Gasteiger partial charge in [-0.1, -0.05) is 6.08 Å². The number of imidazole rings is 1. The molecule has 0 saturated carbocycles. The number of fused-ring (bicyclic) bond motifs is 1. The molecule has 0 unspecified atom stereocenters. The van der Waals surface area contributed by atoms with Gasteiger partial charge in [-0.2, -0.15) is 4.98 Å². The van der Waals surface area contributed by atoms with E-state index >= 15 is 0 Å². The van der Waals surface area contributed by atoms with Gasteiger partial charge in [0.15, 0.2) is 0 Å². The Morgan fingerprint density at radius 3 is 2.74 bits per heavy atom. The molecule has 0 atom stereocenters. The number of rotatable bonds is 5. The lowest BCUT2D eigenvalue weighted by Gasteiger charge is -2.25. The lowest BCUT2D eigenvalue weighted by atomic mass is 10.0. The third kappa shape index (κ3) is 3.70. The Morgan fingerprint density at radius 1 is 1.22 bits per heavy atom. The summed E-state index contributed by atoms with van der Waals surface area (Å²) < 4.78 is 14.9. The molecule has 1 aliphatic rings. The molecule has 7 heteroatoms. The fourth-order valence-corrected chi connectivity index (χ4v) is 3.42. The summed E-state index contributed by atoms with van der Waals surface area (Å²) in [5.41, 5.74) is 8.63. The van der Waals surface area contributed by atoms with Gasteiger partial charge in [0.2, 0.25) is 5.78 Å². The average molecular weight is 367 g/mol. The molecular weight excluding hydrogens is 345 g/mol. The largest absolute Gasteiger partial charge is 0.330 e. The van der Waals surface area contributed by atoms with Crippen molar-refractivity contribution in [3.8, 4) is 11.3 Å². The van der Waals surface area contributed by atoms with Gasteiger partial charge in [0.25, 0.3) is 5.56 Å². The monoisotopic (exact) mass is 367 g/mol. The average Bonchev–Trinajstić information content (AvgIpc) is 3.09. The van der Waals surface area contributed by atoms with Crippen LogP contribution in [0.4, 0.5) is 4.39 Å². The highest BCUT2D eigenvalue weighted by Crippen LogP contribution is 2.22. The van der Waals surface area contributed by atoms with E-state index in [4.69, 9.17) is 5.73 Å². The number of aromatic amines is 1. The molecule has 0 fully saturated rings. The van der Waals surface area contributed by atoms with Gasteiger partial charge in [0.05, 0.1) is 11.3 Å². The maximum Gasteiger partial charge on any atom is 0.281 e. The van der Waals surface area contributed by atoms with Crippen LogP contribution in [0, 0.1) is 5.82 Å². The van der Waals surface area contributed by atoms with Crippen LogP contribution in [-0.4, -0.2) is 45.4 Å². The van der Waals surface area contributed by atoms with Crippen molar-refractivity contribution in [2.45, 2.75) is 12.8 Å². The third-order valence-corrected chi connectivity index (χ3v) is 4.94. The Kier molecular flexibility index (Phi) is 4.87. The highest BCUT2D eigenvalue weighted by atomic mass is 19.1. The van der Waals surface area contributed by atoms with Crippen LogP contribution in [0.1, 0.15) is 18.4 Å². The van der Waals surface area contributed by atoms with Gasteiger partial charge in [-0.05, 0) is 61.3 Å². The first-order valence-corrected chi connectivity index (χ1v) is 9.14. The quantitative estimate of drug-likeness (QED) is 0.725. The van der Waals surface area contributed by atoms with E-state index in [9.17, 15) is 9.18 Å². The van der Waals surface area contributed by atoms with E-state index in [1.165, 1.54) is 12.1 Å². The maximum atomic E-state index is 13.1. The minimum Gasteiger partial charge on any atom is -0.330 e. The van der Waals surface area contributed by atoms with Gasteiger partial charge < -0.3 is 10.7 Å². The molecule has 27 heavy (non-hydrogen) atoms. The van der Waals surface area contributed by atoms with E-state index in [2.05, 4.69) is 20.9 Å². The van der Waals surface area contributed by atoms with Gasteiger partial charge in [-0.15, -0.1) is 0 Å². The number of nitrogens with zero attached hydrogens (tertiary/aromatic N) is 3. The van der Waals surface area contributed by atoms with Crippen LogP contribution in [0.3, 0.4) is 0 Å². The molecule has 3 N–H and O–H groups in total. The topological polar surface area (TPSA) is 79.4 Å². The van der Waals surface area contributed by atoms with E-state index in [1.807, 2.05) is 16.8 Å². The summed E-state index contributed by atoms with van der Waals surface area (Å²) in [7, 11) is 0. The van der Waals surface area contributed by atoms with Crippen LogP contribution in [0.25, 0.3) is 22.6 Å². The predicted octanol–water partition coefficient (Wildman–Crippen LogP) is 2.27. The molecule has 0 aliphatic carbocycles. The van der Waals surface area contributed by atoms with E-state index in [0.717, 1.165) is 49.3 Å². The van der Waals surface area contributed by atoms with Crippen molar-refractivity contribution in [2.75, 3.05) is 26.2 Å². The number of hydrogen-bond donors (Lipinski definition) is 2. The van der Waals surface area contributed by atoms with Crippen molar-refractivity contribution in [3.05, 3.63) is 64.5 Å². The van der Waals surface area contributed by atoms with Gasteiger partial charge >= 0.3 is 0 Å². The number of hydrogen-bond acceptors (Lipinski definition) is 4. The summed E-state index contributed by atoms with van der Waals surface area (Å²) in [5, 5.41) is 0.